The molecule has 0 fully saturated rings. The molecular weight excluding hydrogens is 441 g/mol. The molecule has 0 aliphatic heterocycles. The van der Waals surface area contributed by atoms with Gasteiger partial charge in [-0.1, -0.05) is 12.1 Å². The largest absolute Gasteiger partial charge is 0.492 e. The molecule has 1 aromatic carbocycles. The van der Waals surface area contributed by atoms with Gasteiger partial charge in [-0.05, 0) is 45.4 Å². The van der Waals surface area contributed by atoms with Crippen LogP contribution in [0.25, 0.3) is 0 Å². The van der Waals surface area contributed by atoms with Crippen molar-refractivity contribution in [3.05, 3.63) is 46.8 Å². The highest BCUT2D eigenvalue weighted by atomic mass is 127. The van der Waals surface area contributed by atoms with Gasteiger partial charge in [-0.25, -0.2) is 4.99 Å². The van der Waals surface area contributed by atoms with E-state index in [-0.39, 0.29) is 24.0 Å². The lowest BCUT2D eigenvalue weighted by molar-refractivity contribution is 0.321. The zero-order valence-corrected chi connectivity index (χ0v) is 18.6. The van der Waals surface area contributed by atoms with Crippen molar-refractivity contribution in [3.63, 3.8) is 0 Å². The summed E-state index contributed by atoms with van der Waals surface area (Å²) in [5.41, 5.74) is 4.56. The Morgan fingerprint density at radius 2 is 2.00 bits per heavy atom. The molecule has 0 radical (unpaired) electrons. The molecule has 2 rings (SSSR count). The maximum Gasteiger partial charge on any atom is 0.191 e. The first kappa shape index (κ1) is 22.3. The number of nitrogens with one attached hydrogen (secondary N) is 2. The molecule has 0 aliphatic rings. The number of halogens is 1. The molecule has 1 aromatic heterocycles. The van der Waals surface area contributed by atoms with Gasteiger partial charge in [-0.3, -0.25) is 4.68 Å². The average Bonchev–Trinajstić information content (AvgIpc) is 2.82. The van der Waals surface area contributed by atoms with Gasteiger partial charge < -0.3 is 15.4 Å². The molecule has 144 valence electrons. The molecule has 0 bridgehead atoms. The summed E-state index contributed by atoms with van der Waals surface area (Å²) in [5.74, 6) is 1.68. The van der Waals surface area contributed by atoms with Crippen LogP contribution in [0.1, 0.15) is 29.4 Å². The first-order chi connectivity index (χ1) is 12.0. The molecule has 0 aliphatic carbocycles. The number of ether oxygens (including phenoxy) is 1. The van der Waals surface area contributed by atoms with Gasteiger partial charge in [0.15, 0.2) is 5.96 Å². The Hall–Kier alpha value is -1.77. The van der Waals surface area contributed by atoms with E-state index in [1.165, 1.54) is 11.1 Å². The Labute approximate surface area is 173 Å². The van der Waals surface area contributed by atoms with E-state index in [1.54, 1.807) is 0 Å². The van der Waals surface area contributed by atoms with E-state index in [0.29, 0.717) is 19.7 Å². The summed E-state index contributed by atoms with van der Waals surface area (Å²) < 4.78 is 7.66. The van der Waals surface area contributed by atoms with Gasteiger partial charge >= 0.3 is 0 Å². The van der Waals surface area contributed by atoms with Crippen molar-refractivity contribution in [1.29, 1.82) is 0 Å². The molecule has 0 amide bonds. The highest BCUT2D eigenvalue weighted by molar-refractivity contribution is 14.0. The number of rotatable bonds is 7. The lowest BCUT2D eigenvalue weighted by atomic mass is 10.2. The topological polar surface area (TPSA) is 63.5 Å². The van der Waals surface area contributed by atoms with Crippen LogP contribution >= 0.6 is 24.0 Å². The van der Waals surface area contributed by atoms with Crippen LogP contribution in [0, 0.1) is 20.8 Å². The molecule has 0 spiro atoms. The fourth-order valence-electron chi connectivity index (χ4n) is 2.59. The predicted molar refractivity (Wildman–Crippen MR) is 118 cm³/mol. The van der Waals surface area contributed by atoms with E-state index in [1.807, 2.05) is 36.9 Å². The maximum atomic E-state index is 5.76. The van der Waals surface area contributed by atoms with Gasteiger partial charge in [0.1, 0.15) is 12.4 Å². The van der Waals surface area contributed by atoms with Crippen molar-refractivity contribution in [3.8, 4) is 5.75 Å². The number of hydrogen-bond acceptors (Lipinski definition) is 3. The van der Waals surface area contributed by atoms with Gasteiger partial charge in [0.2, 0.25) is 0 Å². The minimum absolute atomic E-state index is 0. The Morgan fingerprint density at radius 3 is 2.62 bits per heavy atom. The monoisotopic (exact) mass is 471 g/mol. The lowest BCUT2D eigenvalue weighted by Gasteiger charge is -2.12. The van der Waals surface area contributed by atoms with E-state index in [4.69, 9.17) is 4.74 Å². The number of hydrogen-bond donors (Lipinski definition) is 2. The summed E-state index contributed by atoms with van der Waals surface area (Å²) in [6.07, 6.45) is 0. The van der Waals surface area contributed by atoms with E-state index in [2.05, 4.69) is 47.6 Å². The smallest absolute Gasteiger partial charge is 0.191 e. The van der Waals surface area contributed by atoms with Crippen LogP contribution in [-0.4, -0.2) is 35.4 Å². The van der Waals surface area contributed by atoms with Crippen molar-refractivity contribution in [2.45, 2.75) is 34.2 Å². The van der Waals surface area contributed by atoms with Crippen LogP contribution in [0.4, 0.5) is 0 Å². The Balaban J connectivity index is 0.00000338. The third-order valence-corrected chi connectivity index (χ3v) is 4.05. The maximum absolute atomic E-state index is 5.76. The molecule has 6 nitrogen and oxygen atoms in total. The molecule has 2 aromatic rings. The normalized spacial score (nSPS) is 11.0. The SMILES string of the molecule is CCNC(=NCc1c(C)nn(C)c1C)NCCOc1cccc(C)c1.I. The number of guanidine groups is 1. The molecule has 1 heterocycles. The number of nitrogens with zero attached hydrogens (tertiary/aromatic N) is 3. The van der Waals surface area contributed by atoms with E-state index in [9.17, 15) is 0 Å². The molecule has 0 saturated heterocycles. The third kappa shape index (κ3) is 6.51. The van der Waals surface area contributed by atoms with Crippen LogP contribution in [0.5, 0.6) is 5.75 Å². The number of aromatic nitrogens is 2. The minimum Gasteiger partial charge on any atom is -0.492 e. The van der Waals surface area contributed by atoms with Crippen LogP contribution in [0.3, 0.4) is 0 Å². The molecule has 26 heavy (non-hydrogen) atoms. The minimum atomic E-state index is 0. The van der Waals surface area contributed by atoms with E-state index >= 15 is 0 Å². The van der Waals surface area contributed by atoms with Gasteiger partial charge in [-0.2, -0.15) is 5.10 Å². The van der Waals surface area contributed by atoms with Gasteiger partial charge in [0, 0.05) is 24.8 Å². The molecule has 7 heteroatoms. The average molecular weight is 471 g/mol. The highest BCUT2D eigenvalue weighted by Crippen LogP contribution is 2.13. The summed E-state index contributed by atoms with van der Waals surface area (Å²) in [4.78, 5) is 4.66. The first-order valence-electron chi connectivity index (χ1n) is 8.72. The fourth-order valence-corrected chi connectivity index (χ4v) is 2.59. The summed E-state index contributed by atoms with van der Waals surface area (Å²) >= 11 is 0. The fraction of sp³-hybridized carbons (Fsp3) is 0.474. The summed E-state index contributed by atoms with van der Waals surface area (Å²) in [6, 6.07) is 8.07. The van der Waals surface area contributed by atoms with Gasteiger partial charge in [-0.15, -0.1) is 24.0 Å². The van der Waals surface area contributed by atoms with Crippen LogP contribution in [-0.2, 0) is 13.6 Å². The zero-order valence-electron chi connectivity index (χ0n) is 16.3. The quantitative estimate of drug-likeness (QED) is 0.282. The van der Waals surface area contributed by atoms with Crippen molar-refractivity contribution in [1.82, 2.24) is 20.4 Å². The summed E-state index contributed by atoms with van der Waals surface area (Å²) in [5, 5.41) is 11.0. The van der Waals surface area contributed by atoms with Crippen LogP contribution < -0.4 is 15.4 Å². The number of benzene rings is 1. The van der Waals surface area contributed by atoms with Crippen molar-refractivity contribution in [2.75, 3.05) is 19.7 Å². The summed E-state index contributed by atoms with van der Waals surface area (Å²) in [6.45, 7) is 10.9. The Kier molecular flexibility index (Phi) is 9.47. The molecular formula is C19H30IN5O. The second kappa shape index (κ2) is 11.1. The van der Waals surface area contributed by atoms with Crippen molar-refractivity contribution < 1.29 is 4.74 Å². The molecule has 0 unspecified atom stereocenters. The van der Waals surface area contributed by atoms with Crippen molar-refractivity contribution in [2.24, 2.45) is 12.0 Å². The van der Waals surface area contributed by atoms with Gasteiger partial charge in [0.25, 0.3) is 0 Å². The predicted octanol–water partition coefficient (Wildman–Crippen LogP) is 3.10. The molecule has 0 atom stereocenters. The van der Waals surface area contributed by atoms with Gasteiger partial charge in [0.05, 0.1) is 18.8 Å². The molecule has 0 saturated carbocycles. The third-order valence-electron chi connectivity index (χ3n) is 4.05. The molecule has 2 N–H and O–H groups in total. The summed E-state index contributed by atoms with van der Waals surface area (Å²) in [7, 11) is 1.96. The number of aliphatic imine (C=N–C) groups is 1. The van der Waals surface area contributed by atoms with Crippen molar-refractivity contribution >= 4 is 29.9 Å². The van der Waals surface area contributed by atoms with Crippen LogP contribution in [0.2, 0.25) is 0 Å². The Bertz CT molecular complexity index is 727. The number of aryl methyl sites for hydroxylation is 3. The van der Waals surface area contributed by atoms with E-state index < -0.39 is 0 Å². The van der Waals surface area contributed by atoms with Crippen LogP contribution in [0.15, 0.2) is 29.3 Å². The Morgan fingerprint density at radius 1 is 1.23 bits per heavy atom. The van der Waals surface area contributed by atoms with E-state index in [0.717, 1.165) is 29.6 Å². The highest BCUT2D eigenvalue weighted by Gasteiger charge is 2.08. The second-order valence-electron chi connectivity index (χ2n) is 6.06. The second-order valence-corrected chi connectivity index (χ2v) is 6.06. The lowest BCUT2D eigenvalue weighted by Crippen LogP contribution is -2.39. The first-order valence-corrected chi connectivity index (χ1v) is 8.72. The zero-order chi connectivity index (χ0) is 18.2. The standard InChI is InChI=1S/C19H29N5O.HI/c1-6-20-19(22-13-18-15(3)23-24(5)16(18)4)21-10-11-25-17-9-7-8-14(2)12-17;/h7-9,12H,6,10-11,13H2,1-5H3,(H2,20,21,22);1H.